The molecule has 0 N–H and O–H groups in total. The third-order valence-electron chi connectivity index (χ3n) is 3.74. The van der Waals surface area contributed by atoms with Crippen LogP contribution in [-0.4, -0.2) is 33.8 Å². The second-order valence-corrected chi connectivity index (χ2v) is 7.46. The van der Waals surface area contributed by atoms with Crippen LogP contribution >= 0.6 is 23.1 Å². The van der Waals surface area contributed by atoms with E-state index >= 15 is 0 Å². The molecule has 0 saturated carbocycles. The second kappa shape index (κ2) is 7.07. The van der Waals surface area contributed by atoms with Gasteiger partial charge in [-0.05, 0) is 25.7 Å². The Kier molecular flexibility index (Phi) is 4.90. The number of piperidine rings is 1. The highest BCUT2D eigenvalue weighted by molar-refractivity contribution is 8.01. The first-order valence-electron chi connectivity index (χ1n) is 7.27. The van der Waals surface area contributed by atoms with E-state index < -0.39 is 0 Å². The van der Waals surface area contributed by atoms with E-state index in [1.54, 1.807) is 23.7 Å². The van der Waals surface area contributed by atoms with Gasteiger partial charge in [-0.25, -0.2) is 15.0 Å². The van der Waals surface area contributed by atoms with Crippen LogP contribution < -0.4 is 4.90 Å². The Morgan fingerprint density at radius 1 is 1.36 bits per heavy atom. The van der Waals surface area contributed by atoms with Crippen molar-refractivity contribution < 1.29 is 0 Å². The summed E-state index contributed by atoms with van der Waals surface area (Å²) in [6.07, 6.45) is 5.47. The van der Waals surface area contributed by atoms with E-state index in [-0.39, 0.29) is 0 Å². The number of anilines is 1. The third kappa shape index (κ3) is 3.57. The van der Waals surface area contributed by atoms with Crippen LogP contribution in [0.5, 0.6) is 0 Å². The zero-order valence-electron chi connectivity index (χ0n) is 12.4. The fourth-order valence-electron chi connectivity index (χ4n) is 2.54. The molecule has 0 spiro atoms. The fourth-order valence-corrected chi connectivity index (χ4v) is 4.60. The maximum atomic E-state index is 9.13. The number of nitriles is 1. The summed E-state index contributed by atoms with van der Waals surface area (Å²) in [5.74, 6) is 2.55. The maximum Gasteiger partial charge on any atom is 0.183 e. The molecular weight excluding hydrogens is 314 g/mol. The molecule has 0 aliphatic carbocycles. The topological polar surface area (TPSA) is 65.7 Å². The van der Waals surface area contributed by atoms with Crippen molar-refractivity contribution in [3.8, 4) is 6.07 Å². The van der Waals surface area contributed by atoms with Crippen molar-refractivity contribution in [1.29, 1.82) is 5.26 Å². The van der Waals surface area contributed by atoms with Gasteiger partial charge in [0.1, 0.15) is 10.4 Å². The fraction of sp³-hybridized carbons (Fsp3) is 0.467. The molecule has 0 radical (unpaired) electrons. The highest BCUT2D eigenvalue weighted by Gasteiger charge is 2.22. The standard InChI is InChI=1S/C15H17N5S2/c1-11-9-21-15(19-11)22-10-12-2-6-20(7-3-12)14-13(8-16)17-4-5-18-14/h4-5,9,12H,2-3,6-7,10H2,1H3. The normalized spacial score (nSPS) is 15.7. The van der Waals surface area contributed by atoms with Gasteiger partial charge in [0.25, 0.3) is 0 Å². The van der Waals surface area contributed by atoms with Gasteiger partial charge in [0.05, 0.1) is 0 Å². The van der Waals surface area contributed by atoms with Crippen LogP contribution in [0, 0.1) is 24.2 Å². The number of rotatable bonds is 4. The van der Waals surface area contributed by atoms with Crippen LogP contribution in [0.2, 0.25) is 0 Å². The van der Waals surface area contributed by atoms with Crippen molar-refractivity contribution in [2.45, 2.75) is 24.1 Å². The van der Waals surface area contributed by atoms with Gasteiger partial charge >= 0.3 is 0 Å². The summed E-state index contributed by atoms with van der Waals surface area (Å²) in [4.78, 5) is 15.1. The molecule has 0 atom stereocenters. The molecule has 0 amide bonds. The van der Waals surface area contributed by atoms with E-state index in [0.29, 0.717) is 11.6 Å². The van der Waals surface area contributed by atoms with Gasteiger partial charge in [-0.1, -0.05) is 11.8 Å². The molecular formula is C15H17N5S2. The van der Waals surface area contributed by atoms with Crippen LogP contribution in [0.1, 0.15) is 24.2 Å². The molecule has 0 aromatic carbocycles. The highest BCUT2D eigenvalue weighted by atomic mass is 32.2. The summed E-state index contributed by atoms with van der Waals surface area (Å²) < 4.78 is 1.17. The Labute approximate surface area is 138 Å². The van der Waals surface area contributed by atoms with Crippen molar-refractivity contribution in [1.82, 2.24) is 15.0 Å². The zero-order chi connectivity index (χ0) is 15.4. The lowest BCUT2D eigenvalue weighted by Crippen LogP contribution is -2.35. The van der Waals surface area contributed by atoms with Crippen molar-refractivity contribution in [3.05, 3.63) is 29.2 Å². The lowest BCUT2D eigenvalue weighted by Gasteiger charge is -2.32. The molecule has 3 rings (SSSR count). The Bertz CT molecular complexity index is 671. The lowest BCUT2D eigenvalue weighted by molar-refractivity contribution is 0.442. The van der Waals surface area contributed by atoms with Crippen molar-refractivity contribution in [3.63, 3.8) is 0 Å². The molecule has 0 bridgehead atoms. The average Bonchev–Trinajstić information content (AvgIpc) is 2.99. The monoisotopic (exact) mass is 331 g/mol. The lowest BCUT2D eigenvalue weighted by atomic mass is 9.99. The summed E-state index contributed by atoms with van der Waals surface area (Å²) in [5.41, 5.74) is 1.53. The van der Waals surface area contributed by atoms with Crippen LogP contribution in [0.3, 0.4) is 0 Å². The van der Waals surface area contributed by atoms with Crippen molar-refractivity contribution >= 4 is 28.9 Å². The number of aromatic nitrogens is 3. The summed E-state index contributed by atoms with van der Waals surface area (Å²) in [5, 5.41) is 11.2. The first-order valence-corrected chi connectivity index (χ1v) is 9.14. The molecule has 2 aromatic rings. The number of hydrogen-bond donors (Lipinski definition) is 0. The van der Waals surface area contributed by atoms with Gasteiger partial charge in [0.15, 0.2) is 11.5 Å². The number of nitrogens with zero attached hydrogens (tertiary/aromatic N) is 5. The smallest absolute Gasteiger partial charge is 0.183 e. The van der Waals surface area contributed by atoms with Crippen LogP contribution in [-0.2, 0) is 0 Å². The van der Waals surface area contributed by atoms with Gasteiger partial charge < -0.3 is 4.90 Å². The minimum atomic E-state index is 0.425. The first kappa shape index (κ1) is 15.3. The molecule has 114 valence electrons. The van der Waals surface area contributed by atoms with Crippen molar-refractivity contribution in [2.75, 3.05) is 23.7 Å². The number of hydrogen-bond acceptors (Lipinski definition) is 7. The molecule has 1 aliphatic rings. The number of aryl methyl sites for hydroxylation is 1. The van der Waals surface area contributed by atoms with E-state index in [2.05, 4.69) is 31.3 Å². The zero-order valence-corrected chi connectivity index (χ0v) is 14.0. The predicted octanol–water partition coefficient (Wildman–Crippen LogP) is 3.12. The summed E-state index contributed by atoms with van der Waals surface area (Å²) in [6.45, 7) is 3.91. The Morgan fingerprint density at radius 3 is 2.82 bits per heavy atom. The predicted molar refractivity (Wildman–Crippen MR) is 89.3 cm³/mol. The summed E-state index contributed by atoms with van der Waals surface area (Å²) in [7, 11) is 0. The van der Waals surface area contributed by atoms with Crippen LogP contribution in [0.15, 0.2) is 22.1 Å². The molecule has 1 fully saturated rings. The molecule has 1 saturated heterocycles. The molecule has 7 heteroatoms. The van der Waals surface area contributed by atoms with Gasteiger partial charge in [-0.3, -0.25) is 0 Å². The SMILES string of the molecule is Cc1csc(SCC2CCN(c3nccnc3C#N)CC2)n1. The summed E-state index contributed by atoms with van der Waals surface area (Å²) >= 11 is 3.59. The van der Waals surface area contributed by atoms with Gasteiger partial charge in [0.2, 0.25) is 0 Å². The van der Waals surface area contributed by atoms with E-state index in [4.69, 9.17) is 5.26 Å². The Hall–Kier alpha value is -1.65. The minimum Gasteiger partial charge on any atom is -0.354 e. The van der Waals surface area contributed by atoms with Gasteiger partial charge in [-0.15, -0.1) is 11.3 Å². The minimum absolute atomic E-state index is 0.425. The highest BCUT2D eigenvalue weighted by Crippen LogP contribution is 2.30. The quantitative estimate of drug-likeness (QED) is 0.802. The van der Waals surface area contributed by atoms with E-state index in [0.717, 1.165) is 43.2 Å². The summed E-state index contributed by atoms with van der Waals surface area (Å²) in [6, 6.07) is 2.13. The first-order chi connectivity index (χ1) is 10.8. The number of thioether (sulfide) groups is 1. The van der Waals surface area contributed by atoms with E-state index in [1.807, 2.05) is 18.7 Å². The van der Waals surface area contributed by atoms with Gasteiger partial charge in [-0.2, -0.15) is 5.26 Å². The van der Waals surface area contributed by atoms with E-state index in [1.165, 1.54) is 4.34 Å². The van der Waals surface area contributed by atoms with Crippen LogP contribution in [0.25, 0.3) is 0 Å². The van der Waals surface area contributed by atoms with Crippen LogP contribution in [0.4, 0.5) is 5.82 Å². The molecule has 2 aromatic heterocycles. The Balaban J connectivity index is 1.53. The second-order valence-electron chi connectivity index (χ2n) is 5.34. The molecule has 1 aliphatic heterocycles. The molecule has 0 unspecified atom stereocenters. The third-order valence-corrected chi connectivity index (χ3v) is 6.11. The maximum absolute atomic E-state index is 9.13. The van der Waals surface area contributed by atoms with Crippen molar-refractivity contribution in [2.24, 2.45) is 5.92 Å². The van der Waals surface area contributed by atoms with E-state index in [9.17, 15) is 0 Å². The molecule has 3 heterocycles. The largest absolute Gasteiger partial charge is 0.354 e. The molecule has 22 heavy (non-hydrogen) atoms. The van der Waals surface area contributed by atoms with Gasteiger partial charge in [0, 0.05) is 42.3 Å². The Morgan fingerprint density at radius 2 is 2.14 bits per heavy atom. The number of thiazole rings is 1. The average molecular weight is 331 g/mol. The molecule has 5 nitrogen and oxygen atoms in total.